The number of amidine groups is 1. The molecule has 2 aliphatic carbocycles. The molecule has 0 atom stereocenters. The van der Waals surface area contributed by atoms with Gasteiger partial charge in [0.25, 0.3) is 0 Å². The molecule has 0 radical (unpaired) electrons. The van der Waals surface area contributed by atoms with Crippen molar-refractivity contribution in [2.75, 3.05) is 26.3 Å². The zero-order chi connectivity index (χ0) is 14.9. The molecule has 0 aromatic rings. The third-order valence-electron chi connectivity index (χ3n) is 4.99. The third kappa shape index (κ3) is 3.15. The SMILES string of the molecule is NC(=NO)C1(C(=O)N(CC2CC2)CC2CC2)CCOCC1. The van der Waals surface area contributed by atoms with E-state index in [1.807, 2.05) is 4.90 Å². The number of hydrogen-bond acceptors (Lipinski definition) is 4. The van der Waals surface area contributed by atoms with Crippen LogP contribution in [0.2, 0.25) is 0 Å². The predicted molar refractivity (Wildman–Crippen MR) is 77.9 cm³/mol. The standard InChI is InChI=1S/C15H25N3O3/c16-13(17-20)15(5-7-21-8-6-15)14(19)18(9-11-1-2-11)10-12-3-4-12/h11-12,20H,1-10H2,(H2,16,17). The van der Waals surface area contributed by atoms with E-state index in [0.717, 1.165) is 13.1 Å². The van der Waals surface area contributed by atoms with Crippen molar-refractivity contribution in [1.29, 1.82) is 0 Å². The molecule has 1 amide bonds. The molecule has 2 saturated carbocycles. The Bertz CT molecular complexity index is 410. The van der Waals surface area contributed by atoms with Crippen molar-refractivity contribution in [1.82, 2.24) is 4.90 Å². The zero-order valence-corrected chi connectivity index (χ0v) is 12.5. The molecular weight excluding hydrogens is 270 g/mol. The highest BCUT2D eigenvalue weighted by molar-refractivity contribution is 6.06. The molecule has 21 heavy (non-hydrogen) atoms. The monoisotopic (exact) mass is 295 g/mol. The maximum absolute atomic E-state index is 13.1. The lowest BCUT2D eigenvalue weighted by Gasteiger charge is -2.38. The molecule has 0 bridgehead atoms. The van der Waals surface area contributed by atoms with E-state index in [4.69, 9.17) is 15.7 Å². The molecule has 6 heteroatoms. The molecular formula is C15H25N3O3. The van der Waals surface area contributed by atoms with Gasteiger partial charge in [0.1, 0.15) is 5.41 Å². The van der Waals surface area contributed by atoms with E-state index in [1.165, 1.54) is 25.7 Å². The highest BCUT2D eigenvalue weighted by Crippen LogP contribution is 2.38. The van der Waals surface area contributed by atoms with Crippen LogP contribution in [0.25, 0.3) is 0 Å². The van der Waals surface area contributed by atoms with Crippen molar-refractivity contribution in [3.8, 4) is 0 Å². The molecule has 1 heterocycles. The zero-order valence-electron chi connectivity index (χ0n) is 12.5. The molecule has 0 unspecified atom stereocenters. The largest absolute Gasteiger partial charge is 0.409 e. The maximum Gasteiger partial charge on any atom is 0.236 e. The lowest BCUT2D eigenvalue weighted by molar-refractivity contribution is -0.143. The second kappa shape index (κ2) is 5.83. The normalized spacial score (nSPS) is 25.6. The smallest absolute Gasteiger partial charge is 0.236 e. The Labute approximate surface area is 125 Å². The summed E-state index contributed by atoms with van der Waals surface area (Å²) in [6, 6.07) is 0. The summed E-state index contributed by atoms with van der Waals surface area (Å²) in [4.78, 5) is 15.1. The van der Waals surface area contributed by atoms with Crippen LogP contribution < -0.4 is 5.73 Å². The molecule has 1 aliphatic heterocycles. The van der Waals surface area contributed by atoms with Gasteiger partial charge in [0.05, 0.1) is 0 Å². The number of carbonyl (C=O) groups excluding carboxylic acids is 1. The van der Waals surface area contributed by atoms with E-state index in [-0.39, 0.29) is 11.7 Å². The first-order valence-electron chi connectivity index (χ1n) is 8.01. The fourth-order valence-electron chi connectivity index (χ4n) is 3.16. The van der Waals surface area contributed by atoms with Crippen LogP contribution in [-0.4, -0.2) is 48.2 Å². The van der Waals surface area contributed by atoms with Gasteiger partial charge in [-0.3, -0.25) is 4.79 Å². The van der Waals surface area contributed by atoms with Crippen molar-refractivity contribution < 1.29 is 14.7 Å². The summed E-state index contributed by atoms with van der Waals surface area (Å²) in [5.74, 6) is 1.39. The van der Waals surface area contributed by atoms with E-state index in [0.29, 0.717) is 37.9 Å². The second-order valence-corrected chi connectivity index (χ2v) is 6.78. The molecule has 6 nitrogen and oxygen atoms in total. The number of carbonyl (C=O) groups is 1. The van der Waals surface area contributed by atoms with Crippen molar-refractivity contribution in [3.05, 3.63) is 0 Å². The quantitative estimate of drug-likeness (QED) is 0.333. The fourth-order valence-corrected chi connectivity index (χ4v) is 3.16. The van der Waals surface area contributed by atoms with Gasteiger partial charge in [0.15, 0.2) is 5.84 Å². The second-order valence-electron chi connectivity index (χ2n) is 6.78. The summed E-state index contributed by atoms with van der Waals surface area (Å²) >= 11 is 0. The number of amides is 1. The topological polar surface area (TPSA) is 88.2 Å². The molecule has 3 rings (SSSR count). The minimum Gasteiger partial charge on any atom is -0.409 e. The highest BCUT2D eigenvalue weighted by Gasteiger charge is 2.48. The van der Waals surface area contributed by atoms with Crippen LogP contribution in [0.5, 0.6) is 0 Å². The van der Waals surface area contributed by atoms with E-state index < -0.39 is 5.41 Å². The van der Waals surface area contributed by atoms with Gasteiger partial charge in [0.2, 0.25) is 5.91 Å². The molecule has 3 aliphatic rings. The van der Waals surface area contributed by atoms with Gasteiger partial charge in [-0.25, -0.2) is 0 Å². The summed E-state index contributed by atoms with van der Waals surface area (Å²) in [6.45, 7) is 2.64. The van der Waals surface area contributed by atoms with Gasteiger partial charge < -0.3 is 20.6 Å². The van der Waals surface area contributed by atoms with Gasteiger partial charge >= 0.3 is 0 Å². The van der Waals surface area contributed by atoms with E-state index >= 15 is 0 Å². The first kappa shape index (κ1) is 14.6. The van der Waals surface area contributed by atoms with Crippen LogP contribution in [0.4, 0.5) is 0 Å². The van der Waals surface area contributed by atoms with E-state index in [1.54, 1.807) is 0 Å². The number of hydrogen-bond donors (Lipinski definition) is 2. The van der Waals surface area contributed by atoms with Crippen LogP contribution in [-0.2, 0) is 9.53 Å². The summed E-state index contributed by atoms with van der Waals surface area (Å²) in [5, 5.41) is 12.3. The highest BCUT2D eigenvalue weighted by atomic mass is 16.5. The summed E-state index contributed by atoms with van der Waals surface area (Å²) in [6.07, 6.45) is 5.88. The Morgan fingerprint density at radius 1 is 1.19 bits per heavy atom. The number of ether oxygens (including phenoxy) is 1. The average molecular weight is 295 g/mol. The van der Waals surface area contributed by atoms with Crippen molar-refractivity contribution in [2.24, 2.45) is 28.1 Å². The van der Waals surface area contributed by atoms with Crippen molar-refractivity contribution in [3.63, 3.8) is 0 Å². The molecule has 1 saturated heterocycles. The predicted octanol–water partition coefficient (Wildman–Crippen LogP) is 1.18. The van der Waals surface area contributed by atoms with Crippen molar-refractivity contribution in [2.45, 2.75) is 38.5 Å². The molecule has 0 aromatic carbocycles. The molecule has 0 aromatic heterocycles. The lowest BCUT2D eigenvalue weighted by Crippen LogP contribution is -2.54. The molecule has 118 valence electrons. The first-order chi connectivity index (χ1) is 10.2. The van der Waals surface area contributed by atoms with Gasteiger partial charge in [-0.15, -0.1) is 0 Å². The van der Waals surface area contributed by atoms with Crippen LogP contribution in [0, 0.1) is 17.3 Å². The summed E-state index contributed by atoms with van der Waals surface area (Å²) in [5.41, 5.74) is 5.05. The minimum atomic E-state index is -0.864. The van der Waals surface area contributed by atoms with Crippen LogP contribution in [0.1, 0.15) is 38.5 Å². The van der Waals surface area contributed by atoms with E-state index in [9.17, 15) is 4.79 Å². The minimum absolute atomic E-state index is 0.0416. The number of rotatable bonds is 6. The Kier molecular flexibility index (Phi) is 4.06. The van der Waals surface area contributed by atoms with Gasteiger partial charge in [-0.2, -0.15) is 0 Å². The fraction of sp³-hybridized carbons (Fsp3) is 0.867. The van der Waals surface area contributed by atoms with Crippen LogP contribution >= 0.6 is 0 Å². The lowest BCUT2D eigenvalue weighted by atomic mass is 9.77. The molecule has 0 spiro atoms. The Balaban J connectivity index is 1.78. The number of nitrogens with two attached hydrogens (primary N) is 1. The Morgan fingerprint density at radius 3 is 2.14 bits per heavy atom. The summed E-state index contributed by atoms with van der Waals surface area (Å²) in [7, 11) is 0. The van der Waals surface area contributed by atoms with Gasteiger partial charge in [-0.05, 0) is 50.4 Å². The van der Waals surface area contributed by atoms with Gasteiger partial charge in [0, 0.05) is 26.3 Å². The van der Waals surface area contributed by atoms with E-state index in [2.05, 4.69) is 5.16 Å². The average Bonchev–Trinajstić information content (AvgIpc) is 3.41. The maximum atomic E-state index is 13.1. The third-order valence-corrected chi connectivity index (χ3v) is 4.99. The Morgan fingerprint density at radius 2 is 1.71 bits per heavy atom. The molecule has 3 N–H and O–H groups in total. The Hall–Kier alpha value is -1.30. The summed E-state index contributed by atoms with van der Waals surface area (Å²) < 4.78 is 5.37. The first-order valence-corrected chi connectivity index (χ1v) is 8.01. The molecule has 3 fully saturated rings. The van der Waals surface area contributed by atoms with Crippen molar-refractivity contribution >= 4 is 11.7 Å². The van der Waals surface area contributed by atoms with Gasteiger partial charge in [-0.1, -0.05) is 5.16 Å². The number of nitrogens with zero attached hydrogens (tertiary/aromatic N) is 2. The van der Waals surface area contributed by atoms with Crippen LogP contribution in [0.3, 0.4) is 0 Å². The van der Waals surface area contributed by atoms with Crippen LogP contribution in [0.15, 0.2) is 5.16 Å². The number of oxime groups is 1.